The van der Waals surface area contributed by atoms with E-state index in [1.54, 1.807) is 0 Å². The third-order valence-electron chi connectivity index (χ3n) is 1.04. The van der Waals surface area contributed by atoms with Crippen LogP contribution in [-0.2, 0) is 0 Å². The van der Waals surface area contributed by atoms with Crippen molar-refractivity contribution in [2.24, 2.45) is 0 Å². The van der Waals surface area contributed by atoms with Gasteiger partial charge in [0.2, 0.25) is 0 Å². The van der Waals surface area contributed by atoms with Crippen molar-refractivity contribution in [2.45, 2.75) is 33.2 Å². The second kappa shape index (κ2) is 4.14. The lowest BCUT2D eigenvalue weighted by Crippen LogP contribution is -2.46. The van der Waals surface area contributed by atoms with E-state index in [0.29, 0.717) is 6.54 Å². The van der Waals surface area contributed by atoms with Gasteiger partial charge in [0.05, 0.1) is 0 Å². The van der Waals surface area contributed by atoms with Crippen LogP contribution in [0.5, 0.6) is 0 Å². The second-order valence-electron chi connectivity index (χ2n) is 4.01. The Morgan fingerprint density at radius 2 is 1.92 bits per heavy atom. The molecule has 2 N–H and O–H groups in total. The van der Waals surface area contributed by atoms with Crippen LogP contribution in [0.1, 0.15) is 27.7 Å². The van der Waals surface area contributed by atoms with E-state index < -0.39 is 0 Å². The standard InChI is InChI=1S/C9H18N2O/c1-7(2)6-10-8(12)11-9(3,4)5/h1,6H2,2-5H3,(H2,10,11,12). The molecule has 0 atom stereocenters. The molecule has 0 rings (SSSR count). The average molecular weight is 170 g/mol. The number of amides is 2. The van der Waals surface area contributed by atoms with Gasteiger partial charge in [0.25, 0.3) is 0 Å². The van der Waals surface area contributed by atoms with Crippen molar-refractivity contribution in [1.29, 1.82) is 0 Å². The first-order valence-corrected chi connectivity index (χ1v) is 4.01. The first kappa shape index (κ1) is 11.0. The van der Waals surface area contributed by atoms with Gasteiger partial charge < -0.3 is 10.6 Å². The van der Waals surface area contributed by atoms with Gasteiger partial charge in [0, 0.05) is 12.1 Å². The van der Waals surface area contributed by atoms with Gasteiger partial charge in [-0.15, -0.1) is 0 Å². The number of urea groups is 1. The van der Waals surface area contributed by atoms with E-state index in [1.807, 2.05) is 27.7 Å². The molecule has 3 nitrogen and oxygen atoms in total. The third kappa shape index (κ3) is 7.12. The maximum absolute atomic E-state index is 11.1. The van der Waals surface area contributed by atoms with Crippen LogP contribution in [0.25, 0.3) is 0 Å². The van der Waals surface area contributed by atoms with Crippen molar-refractivity contribution in [3.05, 3.63) is 12.2 Å². The Morgan fingerprint density at radius 1 is 1.42 bits per heavy atom. The maximum atomic E-state index is 11.1. The molecule has 0 aromatic rings. The van der Waals surface area contributed by atoms with Crippen LogP contribution in [0.4, 0.5) is 4.79 Å². The van der Waals surface area contributed by atoms with Crippen molar-refractivity contribution in [2.75, 3.05) is 6.54 Å². The smallest absolute Gasteiger partial charge is 0.315 e. The summed E-state index contributed by atoms with van der Waals surface area (Å²) >= 11 is 0. The molecule has 0 saturated heterocycles. The van der Waals surface area contributed by atoms with Gasteiger partial charge >= 0.3 is 6.03 Å². The highest BCUT2D eigenvalue weighted by atomic mass is 16.2. The Hall–Kier alpha value is -0.990. The molecule has 0 fully saturated rings. The van der Waals surface area contributed by atoms with Gasteiger partial charge in [-0.3, -0.25) is 0 Å². The molecule has 0 radical (unpaired) electrons. The highest BCUT2D eigenvalue weighted by molar-refractivity contribution is 5.74. The Balaban J connectivity index is 3.68. The molecule has 0 unspecified atom stereocenters. The SMILES string of the molecule is C=C(C)CNC(=O)NC(C)(C)C. The van der Waals surface area contributed by atoms with Crippen molar-refractivity contribution in [1.82, 2.24) is 10.6 Å². The Morgan fingerprint density at radius 3 is 2.25 bits per heavy atom. The molecule has 0 heterocycles. The summed E-state index contributed by atoms with van der Waals surface area (Å²) in [6.07, 6.45) is 0. The fraction of sp³-hybridized carbons (Fsp3) is 0.667. The van der Waals surface area contributed by atoms with Crippen LogP contribution < -0.4 is 10.6 Å². The number of carbonyl (C=O) groups is 1. The lowest BCUT2D eigenvalue weighted by atomic mass is 10.1. The summed E-state index contributed by atoms with van der Waals surface area (Å²) in [6.45, 7) is 11.9. The minimum absolute atomic E-state index is 0.148. The summed E-state index contributed by atoms with van der Waals surface area (Å²) in [5.41, 5.74) is 0.762. The summed E-state index contributed by atoms with van der Waals surface area (Å²) in [4.78, 5) is 11.1. The number of rotatable bonds is 2. The van der Waals surface area contributed by atoms with Crippen molar-refractivity contribution in [3.8, 4) is 0 Å². The predicted molar refractivity (Wildman–Crippen MR) is 51.1 cm³/mol. The predicted octanol–water partition coefficient (Wildman–Crippen LogP) is 1.66. The van der Waals surface area contributed by atoms with Crippen LogP contribution >= 0.6 is 0 Å². The number of carbonyl (C=O) groups excluding carboxylic acids is 1. The van der Waals surface area contributed by atoms with E-state index in [0.717, 1.165) is 5.57 Å². The quantitative estimate of drug-likeness (QED) is 0.608. The van der Waals surface area contributed by atoms with Crippen LogP contribution in [0.2, 0.25) is 0 Å². The fourth-order valence-electron chi connectivity index (χ4n) is 0.616. The van der Waals surface area contributed by atoms with Crippen molar-refractivity contribution < 1.29 is 4.79 Å². The van der Waals surface area contributed by atoms with Gasteiger partial charge in [-0.2, -0.15) is 0 Å². The van der Waals surface area contributed by atoms with Gasteiger partial charge in [-0.05, 0) is 27.7 Å². The van der Waals surface area contributed by atoms with Gasteiger partial charge in [-0.1, -0.05) is 12.2 Å². The number of nitrogens with one attached hydrogen (secondary N) is 2. The Bertz CT molecular complexity index is 179. The molecule has 3 heteroatoms. The van der Waals surface area contributed by atoms with Gasteiger partial charge in [0.15, 0.2) is 0 Å². The third-order valence-corrected chi connectivity index (χ3v) is 1.04. The molecular weight excluding hydrogens is 152 g/mol. The van der Waals surface area contributed by atoms with E-state index >= 15 is 0 Å². The first-order valence-electron chi connectivity index (χ1n) is 4.01. The van der Waals surface area contributed by atoms with E-state index in [2.05, 4.69) is 17.2 Å². The molecule has 0 aliphatic carbocycles. The maximum Gasteiger partial charge on any atom is 0.315 e. The molecule has 0 saturated carbocycles. The van der Waals surface area contributed by atoms with Gasteiger partial charge in [0.1, 0.15) is 0 Å². The summed E-state index contributed by atoms with van der Waals surface area (Å²) in [6, 6.07) is -0.148. The topological polar surface area (TPSA) is 41.1 Å². The van der Waals surface area contributed by atoms with Gasteiger partial charge in [-0.25, -0.2) is 4.79 Å². The summed E-state index contributed by atoms with van der Waals surface area (Å²) < 4.78 is 0. The summed E-state index contributed by atoms with van der Waals surface area (Å²) in [7, 11) is 0. The molecule has 0 bridgehead atoms. The normalized spacial score (nSPS) is 10.7. The second-order valence-corrected chi connectivity index (χ2v) is 4.01. The number of hydrogen-bond donors (Lipinski definition) is 2. The summed E-state index contributed by atoms with van der Waals surface area (Å²) in [5.74, 6) is 0. The highest BCUT2D eigenvalue weighted by Gasteiger charge is 2.12. The molecule has 2 amide bonds. The zero-order valence-corrected chi connectivity index (χ0v) is 8.32. The van der Waals surface area contributed by atoms with Crippen LogP contribution in [-0.4, -0.2) is 18.1 Å². The van der Waals surface area contributed by atoms with Crippen LogP contribution in [0, 0.1) is 0 Å². The molecule has 0 aliphatic heterocycles. The Kier molecular flexibility index (Phi) is 3.80. The molecule has 12 heavy (non-hydrogen) atoms. The Labute approximate surface area is 74.2 Å². The lowest BCUT2D eigenvalue weighted by molar-refractivity contribution is 0.233. The largest absolute Gasteiger partial charge is 0.334 e. The minimum atomic E-state index is -0.181. The molecule has 0 aromatic carbocycles. The van der Waals surface area contributed by atoms with Crippen molar-refractivity contribution >= 4 is 6.03 Å². The van der Waals surface area contributed by atoms with E-state index in [-0.39, 0.29) is 11.6 Å². The van der Waals surface area contributed by atoms with E-state index in [1.165, 1.54) is 0 Å². The average Bonchev–Trinajstić information content (AvgIpc) is 1.79. The fourth-order valence-corrected chi connectivity index (χ4v) is 0.616. The molecule has 0 spiro atoms. The van der Waals surface area contributed by atoms with E-state index in [9.17, 15) is 4.79 Å². The zero-order chi connectivity index (χ0) is 9.78. The zero-order valence-electron chi connectivity index (χ0n) is 8.32. The molecule has 0 aromatic heterocycles. The number of hydrogen-bond acceptors (Lipinski definition) is 1. The van der Waals surface area contributed by atoms with Crippen molar-refractivity contribution in [3.63, 3.8) is 0 Å². The highest BCUT2D eigenvalue weighted by Crippen LogP contribution is 1.97. The molecular formula is C9H18N2O. The molecule has 0 aliphatic rings. The minimum Gasteiger partial charge on any atom is -0.334 e. The summed E-state index contributed by atoms with van der Waals surface area (Å²) in [5, 5.41) is 5.47. The first-order chi connectivity index (χ1) is 5.31. The van der Waals surface area contributed by atoms with E-state index in [4.69, 9.17) is 0 Å². The van der Waals surface area contributed by atoms with Crippen LogP contribution in [0.3, 0.4) is 0 Å². The monoisotopic (exact) mass is 170 g/mol. The van der Waals surface area contributed by atoms with Crippen LogP contribution in [0.15, 0.2) is 12.2 Å². The molecule has 70 valence electrons. The lowest BCUT2D eigenvalue weighted by Gasteiger charge is -2.20.